The Morgan fingerprint density at radius 2 is 1.73 bits per heavy atom. The number of carbonyl (C=O) groups excluding carboxylic acids is 1. The molecule has 0 spiro atoms. The highest BCUT2D eigenvalue weighted by molar-refractivity contribution is 5.95. The smallest absolute Gasteiger partial charge is 0.304 e. The molecule has 0 fully saturated rings. The molecule has 192 valence electrons. The number of nitrogens with zero attached hydrogens (tertiary/aromatic N) is 2. The Balaban J connectivity index is 1.53. The number of hydrogen-bond acceptors (Lipinski definition) is 5. The first kappa shape index (κ1) is 24.7. The second-order valence-electron chi connectivity index (χ2n) is 9.25. The summed E-state index contributed by atoms with van der Waals surface area (Å²) in [5, 5.41) is 9.58. The number of ether oxygens (including phenoxy) is 2. The van der Waals surface area contributed by atoms with Crippen molar-refractivity contribution in [1.82, 2.24) is 9.88 Å². The second-order valence-corrected chi connectivity index (χ2v) is 9.25. The average Bonchev–Trinajstić information content (AvgIpc) is 2.88. The van der Waals surface area contributed by atoms with Gasteiger partial charge in [0, 0.05) is 43.4 Å². The van der Waals surface area contributed by atoms with E-state index in [1.165, 1.54) is 4.90 Å². The first-order chi connectivity index (χ1) is 17.9. The number of benzene rings is 2. The lowest BCUT2D eigenvalue weighted by Gasteiger charge is -2.30. The summed E-state index contributed by atoms with van der Waals surface area (Å²) in [7, 11) is 0. The summed E-state index contributed by atoms with van der Waals surface area (Å²) in [6, 6.07) is 11.3. The average molecular weight is 509 g/mol. The van der Waals surface area contributed by atoms with Crippen LogP contribution in [0.4, 0.5) is 8.78 Å². The molecule has 1 atom stereocenters. The predicted octanol–water partition coefficient (Wildman–Crippen LogP) is 4.72. The molecule has 5 aliphatic heterocycles. The Morgan fingerprint density at radius 3 is 2.43 bits per heavy atom. The zero-order valence-electron chi connectivity index (χ0n) is 20.1. The third-order valence-corrected chi connectivity index (χ3v) is 6.76. The first-order valence-electron chi connectivity index (χ1n) is 12.2. The summed E-state index contributed by atoms with van der Waals surface area (Å²) in [6.45, 7) is 1.06. The largest absolute Gasteiger partial charge is 0.493 e. The molecule has 1 N–H and O–H groups in total. The third kappa shape index (κ3) is 5.40. The fourth-order valence-corrected chi connectivity index (χ4v) is 4.82. The van der Waals surface area contributed by atoms with Crippen molar-refractivity contribution in [3.8, 4) is 11.6 Å². The quantitative estimate of drug-likeness (QED) is 0.539. The molecule has 7 nitrogen and oxygen atoms in total. The first-order valence-corrected chi connectivity index (χ1v) is 12.2. The van der Waals surface area contributed by atoms with E-state index in [-0.39, 0.29) is 25.3 Å². The molecule has 8 rings (SSSR count). The molecular weight excluding hydrogens is 482 g/mol. The summed E-state index contributed by atoms with van der Waals surface area (Å²) in [6.07, 6.45) is 3.19. The van der Waals surface area contributed by atoms with Gasteiger partial charge in [-0.05, 0) is 41.5 Å². The third-order valence-electron chi connectivity index (χ3n) is 6.76. The minimum absolute atomic E-state index is 0.0220. The predicted molar refractivity (Wildman–Crippen MR) is 130 cm³/mol. The number of hydrogen-bond donors (Lipinski definition) is 1. The van der Waals surface area contributed by atoms with Gasteiger partial charge >= 0.3 is 5.97 Å². The van der Waals surface area contributed by atoms with Gasteiger partial charge in [0.05, 0.1) is 19.6 Å². The van der Waals surface area contributed by atoms with Crippen LogP contribution in [0, 0.1) is 11.6 Å². The minimum atomic E-state index is -0.970. The van der Waals surface area contributed by atoms with Crippen LogP contribution >= 0.6 is 0 Å². The van der Waals surface area contributed by atoms with Crippen LogP contribution in [0.5, 0.6) is 11.6 Å². The van der Waals surface area contributed by atoms with Crippen molar-refractivity contribution in [3.63, 3.8) is 0 Å². The van der Waals surface area contributed by atoms with Crippen LogP contribution in [0.2, 0.25) is 0 Å². The summed E-state index contributed by atoms with van der Waals surface area (Å²) >= 11 is 0. The Bertz CT molecular complexity index is 1310. The van der Waals surface area contributed by atoms with Crippen molar-refractivity contribution in [2.24, 2.45) is 0 Å². The fraction of sp³-hybridized carbons (Fsp3) is 0.321. The molecule has 0 saturated carbocycles. The molecule has 2 aromatic carbocycles. The van der Waals surface area contributed by atoms with E-state index in [4.69, 9.17) is 9.47 Å². The Kier molecular flexibility index (Phi) is 7.03. The molecule has 7 bridgehead atoms. The number of halogens is 2. The van der Waals surface area contributed by atoms with Crippen LogP contribution < -0.4 is 9.47 Å². The maximum absolute atomic E-state index is 14.9. The highest BCUT2D eigenvalue weighted by Gasteiger charge is 2.28. The van der Waals surface area contributed by atoms with E-state index >= 15 is 0 Å². The highest BCUT2D eigenvalue weighted by Crippen LogP contribution is 2.32. The van der Waals surface area contributed by atoms with Crippen molar-refractivity contribution in [1.29, 1.82) is 0 Å². The van der Waals surface area contributed by atoms with E-state index in [9.17, 15) is 23.5 Å². The molecule has 5 aliphatic rings. The number of carboxylic acids is 1. The van der Waals surface area contributed by atoms with Crippen LogP contribution in [-0.2, 0) is 17.8 Å². The lowest BCUT2D eigenvalue weighted by molar-refractivity contribution is -0.137. The van der Waals surface area contributed by atoms with E-state index in [1.807, 2.05) is 24.3 Å². The van der Waals surface area contributed by atoms with Crippen LogP contribution in [0.3, 0.4) is 0 Å². The van der Waals surface area contributed by atoms with Gasteiger partial charge < -0.3 is 19.5 Å². The van der Waals surface area contributed by atoms with Gasteiger partial charge in [0.1, 0.15) is 22.9 Å². The number of rotatable bonds is 2. The van der Waals surface area contributed by atoms with E-state index in [2.05, 4.69) is 4.98 Å². The van der Waals surface area contributed by atoms with Crippen molar-refractivity contribution >= 4 is 11.9 Å². The van der Waals surface area contributed by atoms with Gasteiger partial charge in [0.25, 0.3) is 5.91 Å². The van der Waals surface area contributed by atoms with Gasteiger partial charge in [-0.25, -0.2) is 13.8 Å². The summed E-state index contributed by atoms with van der Waals surface area (Å²) < 4.78 is 40.9. The fourth-order valence-electron chi connectivity index (χ4n) is 4.82. The Hall–Kier alpha value is -4.01. The normalized spacial score (nSPS) is 17.7. The summed E-state index contributed by atoms with van der Waals surface area (Å²) in [5.41, 5.74) is 2.69. The zero-order chi connectivity index (χ0) is 25.9. The van der Waals surface area contributed by atoms with Crippen molar-refractivity contribution in [2.75, 3.05) is 19.8 Å². The van der Waals surface area contributed by atoms with Crippen LogP contribution in [0.25, 0.3) is 0 Å². The van der Waals surface area contributed by atoms with Gasteiger partial charge in [0.15, 0.2) is 0 Å². The topological polar surface area (TPSA) is 89.0 Å². The summed E-state index contributed by atoms with van der Waals surface area (Å²) in [5.74, 6) is -3.66. The molecule has 1 unspecified atom stereocenters. The SMILES string of the molecule is O=C(O)CC1c2ccc(nc2)OCCCCOc2cc(F)c(c(F)c2)C(=O)N2CCc3ccc1cc3C2. The van der Waals surface area contributed by atoms with Crippen molar-refractivity contribution in [3.05, 3.63) is 88.1 Å². The summed E-state index contributed by atoms with van der Waals surface area (Å²) in [4.78, 5) is 30.6. The lowest BCUT2D eigenvalue weighted by atomic mass is 9.86. The monoisotopic (exact) mass is 508 g/mol. The van der Waals surface area contributed by atoms with Crippen molar-refractivity contribution < 1.29 is 33.0 Å². The number of aromatic nitrogens is 1. The minimum Gasteiger partial charge on any atom is -0.493 e. The number of carbonyl (C=O) groups is 2. The Labute approximate surface area is 212 Å². The molecule has 6 heterocycles. The number of pyridine rings is 1. The molecular formula is C28H26F2N2O5. The molecule has 9 heteroatoms. The maximum atomic E-state index is 14.9. The van der Waals surface area contributed by atoms with E-state index in [0.717, 1.165) is 34.4 Å². The number of amides is 1. The maximum Gasteiger partial charge on any atom is 0.304 e. The molecule has 3 aromatic rings. The molecule has 1 aromatic heterocycles. The Morgan fingerprint density at radius 1 is 1.00 bits per heavy atom. The van der Waals surface area contributed by atoms with Gasteiger partial charge in [-0.2, -0.15) is 0 Å². The molecule has 1 amide bonds. The number of carboxylic acid groups (broad SMARTS) is 1. The van der Waals surface area contributed by atoms with Crippen LogP contribution in [-0.4, -0.2) is 46.6 Å². The molecule has 0 saturated heterocycles. The molecule has 0 radical (unpaired) electrons. The zero-order valence-corrected chi connectivity index (χ0v) is 20.1. The van der Waals surface area contributed by atoms with E-state index in [1.54, 1.807) is 12.3 Å². The van der Waals surface area contributed by atoms with Gasteiger partial charge in [0.2, 0.25) is 5.88 Å². The van der Waals surface area contributed by atoms with E-state index < -0.39 is 35.0 Å². The van der Waals surface area contributed by atoms with Gasteiger partial charge in [-0.15, -0.1) is 0 Å². The van der Waals surface area contributed by atoms with Crippen LogP contribution in [0.1, 0.15) is 57.8 Å². The van der Waals surface area contributed by atoms with Gasteiger partial charge in [-0.1, -0.05) is 24.3 Å². The number of aliphatic carboxylic acids is 1. The molecule has 0 aliphatic carbocycles. The van der Waals surface area contributed by atoms with E-state index in [0.29, 0.717) is 38.3 Å². The van der Waals surface area contributed by atoms with Gasteiger partial charge in [-0.3, -0.25) is 9.59 Å². The van der Waals surface area contributed by atoms with Crippen LogP contribution in [0.15, 0.2) is 48.7 Å². The van der Waals surface area contributed by atoms with Crippen molar-refractivity contribution in [2.45, 2.75) is 38.1 Å². The highest BCUT2D eigenvalue weighted by atomic mass is 19.1. The standard InChI is InChI=1S/C28H26F2N2O5/c29-23-12-21-13-24(30)27(23)28(35)32-8-7-17-3-4-18(11-20(17)16-32)22(14-26(33)34)19-5-6-25(31-15-19)37-10-2-1-9-36-21/h3-6,11-13,15,22H,1-2,7-10,14,16H2,(H,33,34). The lowest BCUT2D eigenvalue weighted by Crippen LogP contribution is -2.37. The molecule has 37 heavy (non-hydrogen) atoms. The second kappa shape index (κ2) is 10.5.